The van der Waals surface area contributed by atoms with Crippen LogP contribution < -0.4 is 9.11 Å². The summed E-state index contributed by atoms with van der Waals surface area (Å²) in [5, 5.41) is 0. The summed E-state index contributed by atoms with van der Waals surface area (Å²) in [6.45, 7) is 0.524. The number of hydrogen-bond donors (Lipinski definition) is 0. The third-order valence-corrected chi connectivity index (χ3v) is 10.3. The van der Waals surface area contributed by atoms with Gasteiger partial charge >= 0.3 is 0 Å². The van der Waals surface area contributed by atoms with Gasteiger partial charge in [-0.25, -0.2) is 16.8 Å². The van der Waals surface area contributed by atoms with Crippen LogP contribution in [-0.2, 0) is 32.8 Å². The number of anilines is 1. The van der Waals surface area contributed by atoms with E-state index >= 15 is 0 Å². The first-order valence-corrected chi connectivity index (χ1v) is 15.8. The molecule has 1 amide bonds. The topological polar surface area (TPSA) is 106 Å². The second kappa shape index (κ2) is 9.87. The Morgan fingerprint density at radius 1 is 1.03 bits per heavy atom. The van der Waals surface area contributed by atoms with Gasteiger partial charge in [-0.3, -0.25) is 9.10 Å². The largest absolute Gasteiger partial charge is 0.305 e. The number of sulfone groups is 1. The molecule has 2 heterocycles. The van der Waals surface area contributed by atoms with Gasteiger partial charge in [0.1, 0.15) is 0 Å². The Balaban J connectivity index is 1.48. The molecule has 0 radical (unpaired) electrons. The maximum Gasteiger partial charge on any atom is 0.279 e. The summed E-state index contributed by atoms with van der Waals surface area (Å²) in [7, 11) is -7.22. The van der Waals surface area contributed by atoms with Gasteiger partial charge in [-0.15, -0.1) is 6.42 Å². The third kappa shape index (κ3) is 4.78. The van der Waals surface area contributed by atoms with Gasteiger partial charge in [-0.05, 0) is 66.9 Å². The van der Waals surface area contributed by atoms with Crippen LogP contribution in [0.3, 0.4) is 0 Å². The average molecular weight is 566 g/mol. The van der Waals surface area contributed by atoms with E-state index in [1.165, 1.54) is 40.7 Å². The summed E-state index contributed by atoms with van der Waals surface area (Å²) in [5.41, 5.74) is 2.54. The molecule has 0 saturated heterocycles. The zero-order valence-electron chi connectivity index (χ0n) is 20.4. The predicted octanol–water partition coefficient (Wildman–Crippen LogP) is 3.62. The minimum atomic E-state index is -3.81. The lowest BCUT2D eigenvalue weighted by molar-refractivity contribution is 0.0997. The highest BCUT2D eigenvalue weighted by atomic mass is 32.2. The second-order valence-corrected chi connectivity index (χ2v) is 13.7. The number of fused-ring (bicyclic) bond motifs is 2. The minimum Gasteiger partial charge on any atom is -0.305 e. The van der Waals surface area contributed by atoms with Gasteiger partial charge in [-0.2, -0.15) is 4.99 Å². The lowest BCUT2D eigenvalue weighted by atomic mass is 10.0. The zero-order valence-corrected chi connectivity index (χ0v) is 22.8. The molecule has 3 aromatic carbocycles. The number of sulfonamides is 1. The highest BCUT2D eigenvalue weighted by molar-refractivity contribution is 7.92. The molecule has 1 aromatic heterocycles. The van der Waals surface area contributed by atoms with E-state index in [-0.39, 0.29) is 21.9 Å². The number of terminal acetylenes is 1. The molecule has 4 aromatic rings. The fraction of sp³-hybridized carbons (Fsp3) is 0.185. The number of amides is 1. The molecule has 0 N–H and O–H groups in total. The average Bonchev–Trinajstić information content (AvgIpc) is 3.24. The van der Waals surface area contributed by atoms with E-state index < -0.39 is 25.8 Å². The second-order valence-electron chi connectivity index (χ2n) is 8.83. The first-order valence-electron chi connectivity index (χ1n) is 11.7. The fourth-order valence-electron chi connectivity index (χ4n) is 4.41. The number of rotatable bonds is 5. The molecule has 0 saturated carbocycles. The highest BCUT2D eigenvalue weighted by Gasteiger charge is 2.29. The lowest BCUT2D eigenvalue weighted by Crippen LogP contribution is -2.35. The summed E-state index contributed by atoms with van der Waals surface area (Å²) >= 11 is 1.15. The normalized spacial score (nSPS) is 14.3. The van der Waals surface area contributed by atoms with Crippen molar-refractivity contribution in [2.24, 2.45) is 4.99 Å². The van der Waals surface area contributed by atoms with Crippen molar-refractivity contribution in [1.82, 2.24) is 4.57 Å². The van der Waals surface area contributed by atoms with Gasteiger partial charge in [0.25, 0.3) is 15.9 Å². The van der Waals surface area contributed by atoms with Crippen molar-refractivity contribution in [3.63, 3.8) is 0 Å². The molecule has 194 valence electrons. The Morgan fingerprint density at radius 2 is 1.74 bits per heavy atom. The molecule has 0 spiro atoms. The number of aryl methyl sites for hydroxylation is 1. The minimum absolute atomic E-state index is 0.0864. The Hall–Kier alpha value is -3.72. The van der Waals surface area contributed by atoms with Crippen molar-refractivity contribution in [2.45, 2.75) is 29.2 Å². The van der Waals surface area contributed by atoms with E-state index in [1.807, 2.05) is 18.2 Å². The van der Waals surface area contributed by atoms with Crippen molar-refractivity contribution in [3.8, 4) is 12.3 Å². The van der Waals surface area contributed by atoms with E-state index in [0.29, 0.717) is 27.3 Å². The quantitative estimate of drug-likeness (QED) is 0.344. The van der Waals surface area contributed by atoms with Crippen LogP contribution in [0.2, 0.25) is 0 Å². The number of aromatic nitrogens is 1. The number of carbonyl (C=O) groups excluding carboxylic acids is 1. The van der Waals surface area contributed by atoms with Gasteiger partial charge in [0.05, 0.1) is 32.2 Å². The maximum absolute atomic E-state index is 13.4. The van der Waals surface area contributed by atoms with Gasteiger partial charge in [0.2, 0.25) is 0 Å². The van der Waals surface area contributed by atoms with Crippen molar-refractivity contribution < 1.29 is 21.6 Å². The molecule has 1 aliphatic rings. The van der Waals surface area contributed by atoms with E-state index in [9.17, 15) is 21.6 Å². The first kappa shape index (κ1) is 25.9. The standard InChI is InChI=1S/C27H23N3O5S3/c1-3-16-29-24-15-14-22(37(2,32)33)18-25(24)36-27(29)28-26(31)20-10-12-21(13-11-20)38(34,35)30-17-6-8-19-7-4-5-9-23(19)30/h1,4-5,7,9-15,18H,6,8,16-17H2,2H3. The summed E-state index contributed by atoms with van der Waals surface area (Å²) in [4.78, 5) is 17.8. The zero-order chi connectivity index (χ0) is 27.1. The van der Waals surface area contributed by atoms with E-state index in [0.717, 1.165) is 36.0 Å². The first-order chi connectivity index (χ1) is 18.1. The summed E-state index contributed by atoms with van der Waals surface area (Å²) in [6, 6.07) is 17.8. The molecular weight excluding hydrogens is 543 g/mol. The molecule has 1 aliphatic heterocycles. The monoisotopic (exact) mass is 565 g/mol. The highest BCUT2D eigenvalue weighted by Crippen LogP contribution is 2.32. The van der Waals surface area contributed by atoms with Gasteiger partial charge < -0.3 is 4.57 Å². The van der Waals surface area contributed by atoms with Crippen LogP contribution in [-0.4, -0.2) is 40.1 Å². The van der Waals surface area contributed by atoms with Crippen molar-refractivity contribution in [3.05, 3.63) is 82.7 Å². The third-order valence-electron chi connectivity index (χ3n) is 6.29. The summed E-state index contributed by atoms with van der Waals surface area (Å²) in [6.07, 6.45) is 8.19. The number of nitrogens with zero attached hydrogens (tertiary/aromatic N) is 3. The Bertz CT molecular complexity index is 1900. The molecule has 0 atom stereocenters. The maximum atomic E-state index is 13.4. The van der Waals surface area contributed by atoms with Crippen LogP contribution in [0, 0.1) is 12.3 Å². The molecule has 38 heavy (non-hydrogen) atoms. The smallest absolute Gasteiger partial charge is 0.279 e. The summed E-state index contributed by atoms with van der Waals surface area (Å²) in [5.74, 6) is 1.96. The number of para-hydroxylation sites is 1. The van der Waals surface area contributed by atoms with E-state index in [4.69, 9.17) is 6.42 Å². The van der Waals surface area contributed by atoms with E-state index in [1.54, 1.807) is 16.7 Å². The number of thiazole rings is 1. The molecular formula is C27H23N3O5S3. The predicted molar refractivity (Wildman–Crippen MR) is 147 cm³/mol. The molecule has 5 rings (SSSR count). The Kier molecular flexibility index (Phi) is 6.73. The van der Waals surface area contributed by atoms with Crippen LogP contribution in [0.5, 0.6) is 0 Å². The van der Waals surface area contributed by atoms with Gasteiger partial charge in [-0.1, -0.05) is 35.5 Å². The molecule has 11 heteroatoms. The molecule has 0 aliphatic carbocycles. The lowest BCUT2D eigenvalue weighted by Gasteiger charge is -2.30. The molecule has 0 unspecified atom stereocenters. The van der Waals surface area contributed by atoms with Crippen LogP contribution in [0.25, 0.3) is 10.2 Å². The number of hydrogen-bond acceptors (Lipinski definition) is 6. The molecule has 0 fully saturated rings. The van der Waals surface area contributed by atoms with Gasteiger partial charge in [0, 0.05) is 18.4 Å². The number of carbonyl (C=O) groups is 1. The van der Waals surface area contributed by atoms with Crippen molar-refractivity contribution in [1.29, 1.82) is 0 Å². The van der Waals surface area contributed by atoms with Crippen LogP contribution in [0.15, 0.2) is 81.5 Å². The fourth-order valence-corrected chi connectivity index (χ4v) is 7.74. The Morgan fingerprint density at radius 3 is 2.45 bits per heavy atom. The van der Waals surface area contributed by atoms with Crippen LogP contribution in [0.1, 0.15) is 22.3 Å². The molecule has 8 nitrogen and oxygen atoms in total. The van der Waals surface area contributed by atoms with Crippen molar-refractivity contribution in [2.75, 3.05) is 17.1 Å². The van der Waals surface area contributed by atoms with Gasteiger partial charge in [0.15, 0.2) is 14.6 Å². The van der Waals surface area contributed by atoms with Crippen molar-refractivity contribution >= 4 is 53.0 Å². The van der Waals surface area contributed by atoms with E-state index in [2.05, 4.69) is 10.9 Å². The van der Waals surface area contributed by atoms with Crippen LogP contribution >= 0.6 is 11.3 Å². The summed E-state index contributed by atoms with van der Waals surface area (Å²) < 4.78 is 54.4. The SMILES string of the molecule is C#CCn1c(=NC(=O)c2ccc(S(=O)(=O)N3CCCc4ccccc43)cc2)sc2cc(S(C)(=O)=O)ccc21. The Labute approximate surface area is 224 Å². The number of benzene rings is 3. The van der Waals surface area contributed by atoms with Crippen LogP contribution in [0.4, 0.5) is 5.69 Å². The molecule has 0 bridgehead atoms.